The smallest absolute Gasteiger partial charge is 0.163 e. The number of hydrogen-bond donors (Lipinski definition) is 0. The Balaban J connectivity index is 1.84. The van der Waals surface area contributed by atoms with Crippen LogP contribution in [0.25, 0.3) is 11.2 Å². The summed E-state index contributed by atoms with van der Waals surface area (Å²) < 4.78 is 15.2. The lowest BCUT2D eigenvalue weighted by molar-refractivity contribution is -0.156. The Morgan fingerprint density at radius 3 is 2.15 bits per heavy atom. The van der Waals surface area contributed by atoms with E-state index in [1.807, 2.05) is 13.8 Å². The van der Waals surface area contributed by atoms with E-state index in [-0.39, 0.29) is 34.0 Å². The van der Waals surface area contributed by atoms with E-state index in [1.54, 1.807) is 0 Å². The van der Waals surface area contributed by atoms with Gasteiger partial charge in [0.1, 0.15) is 24.8 Å². The van der Waals surface area contributed by atoms with Crippen molar-refractivity contribution in [2.45, 2.75) is 102 Å². The summed E-state index contributed by atoms with van der Waals surface area (Å²) in [6.07, 6.45) is 1.78. The van der Waals surface area contributed by atoms with Gasteiger partial charge in [0.15, 0.2) is 17.7 Å². The fourth-order valence-corrected chi connectivity index (χ4v) is 14.6. The fourth-order valence-electron chi connectivity index (χ4n) is 7.51. The molecule has 3 fully saturated rings. The number of nitrogens with zero attached hydrogens (tertiary/aromatic N) is 3. The van der Waals surface area contributed by atoms with Crippen molar-refractivity contribution in [1.82, 2.24) is 14.5 Å². The fraction of sp³-hybridized carbons (Fsp3) is 0.720. The minimum absolute atomic E-state index is 0.0571. The molecule has 186 valence electrons. The number of carbonyl (C=O) groups excluding carboxylic acids is 1. The van der Waals surface area contributed by atoms with E-state index in [4.69, 9.17) is 42.6 Å². The Morgan fingerprint density at radius 2 is 1.59 bits per heavy atom. The summed E-state index contributed by atoms with van der Waals surface area (Å²) in [6, 6.07) is 0.0571. The zero-order valence-electron chi connectivity index (χ0n) is 21.2. The lowest BCUT2D eigenvalue weighted by Crippen LogP contribution is -2.60. The van der Waals surface area contributed by atoms with Gasteiger partial charge in [-0.25, -0.2) is 9.97 Å². The first kappa shape index (κ1) is 24.7. The molecule has 1 saturated heterocycles. The van der Waals surface area contributed by atoms with Crippen molar-refractivity contribution in [3.8, 4) is 0 Å². The van der Waals surface area contributed by atoms with E-state index < -0.39 is 13.9 Å². The summed E-state index contributed by atoms with van der Waals surface area (Å²) >= 11 is 13.2. The molecule has 6 nitrogen and oxygen atoms in total. The highest BCUT2D eigenvalue weighted by Crippen LogP contribution is 2.63. The van der Waals surface area contributed by atoms with E-state index in [0.29, 0.717) is 45.9 Å². The predicted molar refractivity (Wildman–Crippen MR) is 138 cm³/mol. The molecule has 0 N–H and O–H groups in total. The summed E-state index contributed by atoms with van der Waals surface area (Å²) in [5.41, 5.74) is 3.85. The van der Waals surface area contributed by atoms with Crippen molar-refractivity contribution >= 4 is 54.2 Å². The molecule has 9 heteroatoms. The van der Waals surface area contributed by atoms with Gasteiger partial charge in [0, 0.05) is 0 Å². The topological polar surface area (TPSA) is 66.2 Å². The van der Waals surface area contributed by atoms with Gasteiger partial charge in [0.2, 0.25) is 0 Å². The number of halogens is 2. The number of aromatic nitrogens is 3. The third-order valence-electron chi connectivity index (χ3n) is 8.68. The van der Waals surface area contributed by atoms with Gasteiger partial charge < -0.3 is 14.0 Å². The molecule has 3 heterocycles. The normalized spacial score (nSPS) is 30.0. The molecule has 0 spiro atoms. The standard InChI is InChI=1S/C25H35Cl2N3O3Si/c1-11(2)34(12(3)4,13(5)6)24-28-18-17(26)16(10-31)22(27)29-23(18)30(24)19-14-9-15(14)20-21(19)33-25(7,8)32-20/h10-15,19-21H,9H2,1-8H3/t14-,15+,19+,20+,21-/m0/s1. The molecule has 5 atom stereocenters. The lowest BCUT2D eigenvalue weighted by Gasteiger charge is -2.43. The maximum Gasteiger partial charge on any atom is 0.163 e. The summed E-state index contributed by atoms with van der Waals surface area (Å²) in [6.45, 7) is 17.9. The summed E-state index contributed by atoms with van der Waals surface area (Å²) in [4.78, 5) is 21.8. The van der Waals surface area contributed by atoms with Gasteiger partial charge in [0.25, 0.3) is 0 Å². The number of carbonyl (C=O) groups is 1. The third kappa shape index (κ3) is 3.23. The van der Waals surface area contributed by atoms with Crippen LogP contribution in [0.4, 0.5) is 0 Å². The van der Waals surface area contributed by atoms with Gasteiger partial charge in [-0.05, 0) is 48.7 Å². The van der Waals surface area contributed by atoms with Crippen molar-refractivity contribution in [1.29, 1.82) is 0 Å². The van der Waals surface area contributed by atoms with Gasteiger partial charge in [-0.3, -0.25) is 4.79 Å². The lowest BCUT2D eigenvalue weighted by atomic mass is 10.1. The van der Waals surface area contributed by atoms with Crippen LogP contribution in [0.3, 0.4) is 0 Å². The molecule has 0 aromatic carbocycles. The Morgan fingerprint density at radius 1 is 1.00 bits per heavy atom. The van der Waals surface area contributed by atoms with Crippen LogP contribution in [0.15, 0.2) is 0 Å². The monoisotopic (exact) mass is 523 g/mol. The van der Waals surface area contributed by atoms with Crippen molar-refractivity contribution < 1.29 is 14.3 Å². The number of hydrogen-bond acceptors (Lipinski definition) is 5. The average Bonchev–Trinajstić information content (AvgIpc) is 3.20. The van der Waals surface area contributed by atoms with Crippen LogP contribution in [0, 0.1) is 11.8 Å². The van der Waals surface area contributed by atoms with Gasteiger partial charge in [0.05, 0.1) is 28.2 Å². The van der Waals surface area contributed by atoms with Crippen molar-refractivity contribution in [2.75, 3.05) is 0 Å². The van der Waals surface area contributed by atoms with Crippen LogP contribution in [0.1, 0.15) is 78.2 Å². The number of pyridine rings is 1. The minimum atomic E-state index is -2.23. The molecule has 0 amide bonds. The first-order chi connectivity index (χ1) is 15.9. The van der Waals surface area contributed by atoms with Crippen LogP contribution < -0.4 is 5.45 Å². The Kier molecular flexibility index (Phi) is 5.81. The van der Waals surface area contributed by atoms with Crippen LogP contribution >= 0.6 is 23.2 Å². The highest BCUT2D eigenvalue weighted by molar-refractivity contribution is 6.94. The van der Waals surface area contributed by atoms with E-state index in [9.17, 15) is 4.79 Å². The number of imidazole rings is 1. The third-order valence-corrected chi connectivity index (χ3v) is 16.2. The molecule has 0 unspecified atom stereocenters. The van der Waals surface area contributed by atoms with E-state index in [1.165, 1.54) is 0 Å². The molecule has 2 aromatic heterocycles. The predicted octanol–water partition coefficient (Wildman–Crippen LogP) is 6.15. The van der Waals surface area contributed by atoms with Gasteiger partial charge in [-0.2, -0.15) is 0 Å². The second kappa shape index (κ2) is 8.00. The Labute approximate surface area is 212 Å². The maximum atomic E-state index is 11.8. The van der Waals surface area contributed by atoms with Crippen LogP contribution in [-0.4, -0.2) is 46.9 Å². The minimum Gasteiger partial charge on any atom is -0.344 e. The number of ether oxygens (including phenoxy) is 2. The molecular weight excluding hydrogens is 489 g/mol. The molecule has 2 aromatic rings. The number of aldehydes is 1. The molecule has 5 rings (SSSR count). The van der Waals surface area contributed by atoms with Crippen molar-refractivity contribution in [3.05, 3.63) is 15.7 Å². The largest absolute Gasteiger partial charge is 0.344 e. The van der Waals surface area contributed by atoms with Gasteiger partial charge >= 0.3 is 0 Å². The van der Waals surface area contributed by atoms with Crippen LogP contribution in [-0.2, 0) is 9.47 Å². The second-order valence-corrected chi connectivity index (χ2v) is 18.3. The van der Waals surface area contributed by atoms with Gasteiger partial charge in [-0.1, -0.05) is 64.7 Å². The van der Waals surface area contributed by atoms with Crippen molar-refractivity contribution in [2.24, 2.45) is 11.8 Å². The zero-order valence-corrected chi connectivity index (χ0v) is 23.7. The Bertz CT molecular complexity index is 1140. The molecular formula is C25H35Cl2N3O3Si. The van der Waals surface area contributed by atoms with Crippen LogP contribution in [0.5, 0.6) is 0 Å². The SMILES string of the molecule is CC(C)[Si](c1nc2c(Cl)c(C=O)c(Cl)nc2n1[C@@H]1[C@H]2C[C@H]2[C@H]2OC(C)(C)O[C@H]21)(C(C)C)C(C)C. The molecule has 1 aliphatic heterocycles. The second-order valence-electron chi connectivity index (χ2n) is 11.7. The van der Waals surface area contributed by atoms with E-state index in [2.05, 4.69) is 46.1 Å². The van der Waals surface area contributed by atoms with Crippen molar-refractivity contribution in [3.63, 3.8) is 0 Å². The average molecular weight is 525 g/mol. The first-order valence-electron chi connectivity index (χ1n) is 12.4. The quantitative estimate of drug-likeness (QED) is 0.258. The summed E-state index contributed by atoms with van der Waals surface area (Å²) in [5, 5.41) is 0.409. The molecule has 34 heavy (non-hydrogen) atoms. The summed E-state index contributed by atoms with van der Waals surface area (Å²) in [5.74, 6) is 0.314. The number of rotatable bonds is 6. The molecule has 2 aliphatic carbocycles. The van der Waals surface area contributed by atoms with Crippen LogP contribution in [0.2, 0.25) is 26.8 Å². The first-order valence-corrected chi connectivity index (χ1v) is 15.4. The highest BCUT2D eigenvalue weighted by atomic mass is 35.5. The number of fused-ring (bicyclic) bond motifs is 4. The van der Waals surface area contributed by atoms with E-state index in [0.717, 1.165) is 11.9 Å². The van der Waals surface area contributed by atoms with E-state index >= 15 is 0 Å². The molecule has 2 saturated carbocycles. The highest BCUT2D eigenvalue weighted by Gasteiger charge is 2.67. The summed E-state index contributed by atoms with van der Waals surface area (Å²) in [7, 11) is -2.23. The molecule has 0 bridgehead atoms. The Hall–Kier alpha value is -0.993. The molecule has 0 radical (unpaired) electrons. The molecule has 3 aliphatic rings. The zero-order chi connectivity index (χ0) is 24.9. The maximum absolute atomic E-state index is 11.8. The van der Waals surface area contributed by atoms with Gasteiger partial charge in [-0.15, -0.1) is 0 Å².